The Labute approximate surface area is 159 Å². The fraction of sp³-hybridized carbons (Fsp3) is 0.389. The van der Waals surface area contributed by atoms with Gasteiger partial charge in [0.25, 0.3) is 5.91 Å². The number of carbonyl (C=O) groups excluding carboxylic acids is 1. The Morgan fingerprint density at radius 2 is 1.81 bits per heavy atom. The lowest BCUT2D eigenvalue weighted by Gasteiger charge is -2.26. The van der Waals surface area contributed by atoms with Gasteiger partial charge in [-0.05, 0) is 43.9 Å². The van der Waals surface area contributed by atoms with Gasteiger partial charge in [-0.3, -0.25) is 4.79 Å². The molecule has 0 saturated heterocycles. The summed E-state index contributed by atoms with van der Waals surface area (Å²) in [5.74, 6) is -0.107. The first-order valence-electron chi connectivity index (χ1n) is 8.50. The zero-order chi connectivity index (χ0) is 17.8. The van der Waals surface area contributed by atoms with Gasteiger partial charge in [-0.2, -0.15) is 0 Å². The van der Waals surface area contributed by atoms with Crippen molar-refractivity contribution < 1.29 is 13.2 Å². The predicted octanol–water partition coefficient (Wildman–Crippen LogP) is 2.40. The summed E-state index contributed by atoms with van der Waals surface area (Å²) in [6.45, 7) is 0. The highest BCUT2D eigenvalue weighted by Gasteiger charge is 2.31. The van der Waals surface area contributed by atoms with Crippen LogP contribution in [0.25, 0.3) is 10.8 Å². The zero-order valence-electron chi connectivity index (χ0n) is 14.4. The van der Waals surface area contributed by atoms with Gasteiger partial charge in [-0.1, -0.05) is 12.1 Å². The van der Waals surface area contributed by atoms with Gasteiger partial charge in [0.2, 0.25) is 10.0 Å². The van der Waals surface area contributed by atoms with E-state index in [0.29, 0.717) is 16.3 Å². The fourth-order valence-electron chi connectivity index (χ4n) is 3.86. The van der Waals surface area contributed by atoms with Crippen molar-refractivity contribution in [2.75, 3.05) is 11.9 Å². The third kappa shape index (κ3) is 2.99. The number of nitrogens with zero attached hydrogens (tertiary/aromatic N) is 1. The molecule has 0 radical (unpaired) electrons. The molecule has 140 valence electrons. The van der Waals surface area contributed by atoms with E-state index >= 15 is 0 Å². The van der Waals surface area contributed by atoms with Crippen molar-refractivity contribution in [2.24, 2.45) is 5.73 Å². The minimum atomic E-state index is -3.67. The molecule has 0 unspecified atom stereocenters. The van der Waals surface area contributed by atoms with E-state index in [-0.39, 0.29) is 35.3 Å². The molecule has 1 aliphatic carbocycles. The molecule has 1 aliphatic heterocycles. The van der Waals surface area contributed by atoms with Crippen molar-refractivity contribution in [3.8, 4) is 0 Å². The molecule has 8 heteroatoms. The number of rotatable bonds is 3. The lowest BCUT2D eigenvalue weighted by atomic mass is 9.93. The van der Waals surface area contributed by atoms with E-state index in [1.54, 1.807) is 42.3 Å². The largest absolute Gasteiger partial charge is 0.328 e. The molecule has 0 atom stereocenters. The monoisotopic (exact) mass is 395 g/mol. The van der Waals surface area contributed by atoms with Crippen LogP contribution in [-0.4, -0.2) is 33.5 Å². The molecule has 2 aromatic rings. The number of hydrogen-bond acceptors (Lipinski definition) is 4. The summed E-state index contributed by atoms with van der Waals surface area (Å²) < 4.78 is 28.7. The van der Waals surface area contributed by atoms with E-state index in [9.17, 15) is 13.2 Å². The first-order chi connectivity index (χ1) is 11.9. The molecule has 0 aromatic heterocycles. The van der Waals surface area contributed by atoms with Gasteiger partial charge in [0.15, 0.2) is 0 Å². The topological polar surface area (TPSA) is 92.5 Å². The Balaban J connectivity index is 0.00000196. The molecular formula is C18H22ClN3O3S. The number of carbonyl (C=O) groups is 1. The van der Waals surface area contributed by atoms with Crippen molar-refractivity contribution in [1.82, 2.24) is 4.72 Å². The molecule has 1 amide bonds. The van der Waals surface area contributed by atoms with Gasteiger partial charge >= 0.3 is 0 Å². The smallest absolute Gasteiger partial charge is 0.258 e. The Morgan fingerprint density at radius 1 is 1.12 bits per heavy atom. The van der Waals surface area contributed by atoms with Crippen LogP contribution in [0.2, 0.25) is 0 Å². The van der Waals surface area contributed by atoms with Gasteiger partial charge in [-0.25, -0.2) is 13.1 Å². The molecule has 6 nitrogen and oxygen atoms in total. The highest BCUT2D eigenvalue weighted by Crippen LogP contribution is 2.39. The molecule has 1 fully saturated rings. The number of nitrogens with one attached hydrogen (secondary N) is 1. The van der Waals surface area contributed by atoms with Gasteiger partial charge in [0.1, 0.15) is 0 Å². The van der Waals surface area contributed by atoms with Crippen molar-refractivity contribution in [2.45, 2.75) is 42.7 Å². The Kier molecular flexibility index (Phi) is 5.00. The molecule has 4 rings (SSSR count). The van der Waals surface area contributed by atoms with Crippen molar-refractivity contribution in [1.29, 1.82) is 0 Å². The average molecular weight is 396 g/mol. The first kappa shape index (κ1) is 19.1. The summed E-state index contributed by atoms with van der Waals surface area (Å²) in [7, 11) is -1.96. The third-order valence-electron chi connectivity index (χ3n) is 5.26. The zero-order valence-corrected chi connectivity index (χ0v) is 16.1. The highest BCUT2D eigenvalue weighted by molar-refractivity contribution is 7.89. The normalized spacial score (nSPS) is 22.5. The molecule has 2 aliphatic rings. The second-order valence-corrected chi connectivity index (χ2v) is 8.59. The molecule has 26 heavy (non-hydrogen) atoms. The van der Waals surface area contributed by atoms with Crippen LogP contribution in [0.3, 0.4) is 0 Å². The summed E-state index contributed by atoms with van der Waals surface area (Å²) in [6.07, 6.45) is 3.17. The number of hydrogen-bond donors (Lipinski definition) is 2. The van der Waals surface area contributed by atoms with Crippen LogP contribution >= 0.6 is 12.4 Å². The number of sulfonamides is 1. The van der Waals surface area contributed by atoms with Crippen LogP contribution in [0.4, 0.5) is 5.69 Å². The number of benzene rings is 2. The molecule has 0 spiro atoms. The van der Waals surface area contributed by atoms with E-state index in [1.165, 1.54) is 0 Å². The second-order valence-electron chi connectivity index (χ2n) is 6.91. The summed E-state index contributed by atoms with van der Waals surface area (Å²) >= 11 is 0. The molecule has 1 saturated carbocycles. The predicted molar refractivity (Wildman–Crippen MR) is 104 cm³/mol. The lowest BCUT2D eigenvalue weighted by Crippen LogP contribution is -2.40. The van der Waals surface area contributed by atoms with Crippen molar-refractivity contribution >= 4 is 44.8 Å². The molecular weight excluding hydrogens is 374 g/mol. The maximum atomic E-state index is 13.0. The van der Waals surface area contributed by atoms with Crippen LogP contribution in [0.5, 0.6) is 0 Å². The Hall–Kier alpha value is -1.67. The van der Waals surface area contributed by atoms with E-state index in [0.717, 1.165) is 31.4 Å². The number of halogens is 1. The van der Waals surface area contributed by atoms with E-state index in [4.69, 9.17) is 5.73 Å². The van der Waals surface area contributed by atoms with Crippen LogP contribution in [0, 0.1) is 0 Å². The molecule has 3 N–H and O–H groups in total. The standard InChI is InChI=1S/C18H21N3O3S.ClH/c1-21-15-9-10-16(13-3-2-4-14(17(13)15)18(21)22)25(23,24)20-12-7-5-11(19)6-8-12;/h2-4,9-12,20H,5-8,19H2,1H3;1H. The summed E-state index contributed by atoms with van der Waals surface area (Å²) in [4.78, 5) is 14.1. The second kappa shape index (κ2) is 6.81. The first-order valence-corrected chi connectivity index (χ1v) is 9.98. The summed E-state index contributed by atoms with van der Waals surface area (Å²) in [5, 5.41) is 1.30. The van der Waals surface area contributed by atoms with Crippen molar-refractivity contribution in [3.63, 3.8) is 0 Å². The highest BCUT2D eigenvalue weighted by atomic mass is 35.5. The van der Waals surface area contributed by atoms with Gasteiger partial charge in [-0.15, -0.1) is 12.4 Å². The molecule has 1 heterocycles. The van der Waals surface area contributed by atoms with Crippen LogP contribution in [0.15, 0.2) is 35.2 Å². The van der Waals surface area contributed by atoms with Gasteiger partial charge in [0.05, 0.1) is 10.6 Å². The maximum absolute atomic E-state index is 13.0. The quantitative estimate of drug-likeness (QED) is 0.834. The van der Waals surface area contributed by atoms with Crippen LogP contribution in [0.1, 0.15) is 36.0 Å². The van der Waals surface area contributed by atoms with Crippen LogP contribution < -0.4 is 15.4 Å². The minimum absolute atomic E-state index is 0. The third-order valence-corrected chi connectivity index (χ3v) is 6.84. The van der Waals surface area contributed by atoms with Gasteiger partial charge in [0, 0.05) is 35.5 Å². The van der Waals surface area contributed by atoms with E-state index in [2.05, 4.69) is 4.72 Å². The van der Waals surface area contributed by atoms with Crippen LogP contribution in [-0.2, 0) is 10.0 Å². The number of nitrogens with two attached hydrogens (primary N) is 1. The minimum Gasteiger partial charge on any atom is -0.328 e. The number of anilines is 1. The molecule has 2 aromatic carbocycles. The number of amides is 1. The Bertz CT molecular complexity index is 969. The van der Waals surface area contributed by atoms with Gasteiger partial charge < -0.3 is 10.6 Å². The fourth-order valence-corrected chi connectivity index (χ4v) is 5.37. The SMILES string of the molecule is CN1C(=O)c2cccc3c(S(=O)(=O)NC4CCC(N)CC4)ccc1c23.Cl. The lowest BCUT2D eigenvalue weighted by molar-refractivity contribution is 0.0999. The van der Waals surface area contributed by atoms with Crippen molar-refractivity contribution in [3.05, 3.63) is 35.9 Å². The summed E-state index contributed by atoms with van der Waals surface area (Å²) in [5.41, 5.74) is 7.20. The molecule has 0 bridgehead atoms. The maximum Gasteiger partial charge on any atom is 0.258 e. The van der Waals surface area contributed by atoms with E-state index < -0.39 is 10.0 Å². The Morgan fingerprint density at radius 3 is 2.50 bits per heavy atom. The van der Waals surface area contributed by atoms with E-state index in [1.807, 2.05) is 0 Å². The average Bonchev–Trinajstić information content (AvgIpc) is 2.84. The summed E-state index contributed by atoms with van der Waals surface area (Å²) in [6, 6.07) is 8.62.